The Hall–Kier alpha value is -3.69. The maximum absolute atomic E-state index is 13.4. The largest absolute Gasteiger partial charge is 0.431 e. The second-order valence-electron chi connectivity index (χ2n) is 7.71. The Bertz CT molecular complexity index is 1660. The van der Waals surface area contributed by atoms with Gasteiger partial charge in [0.2, 0.25) is 0 Å². The third-order valence-electron chi connectivity index (χ3n) is 5.47. The van der Waals surface area contributed by atoms with Gasteiger partial charge in [0.1, 0.15) is 16.9 Å². The van der Waals surface area contributed by atoms with E-state index in [-0.39, 0.29) is 39.0 Å². The average Bonchev–Trinajstić information content (AvgIpc) is 3.40. The molecule has 0 N–H and O–H groups in total. The van der Waals surface area contributed by atoms with Crippen molar-refractivity contribution in [2.45, 2.75) is 24.2 Å². The van der Waals surface area contributed by atoms with Crippen molar-refractivity contribution in [3.63, 3.8) is 0 Å². The van der Waals surface area contributed by atoms with E-state index >= 15 is 0 Å². The molecule has 0 aliphatic heterocycles. The van der Waals surface area contributed by atoms with Crippen LogP contribution in [0.1, 0.15) is 18.2 Å². The van der Waals surface area contributed by atoms with Gasteiger partial charge in [0.25, 0.3) is 5.56 Å². The molecule has 0 bridgehead atoms. The maximum Gasteiger partial charge on any atom is 0.431 e. The van der Waals surface area contributed by atoms with Crippen LogP contribution in [0.2, 0.25) is 0 Å². The highest BCUT2D eigenvalue weighted by Gasteiger charge is 2.36. The number of hydrogen-bond acceptors (Lipinski definition) is 6. The number of rotatable bonds is 4. The summed E-state index contributed by atoms with van der Waals surface area (Å²) in [6, 6.07) is 2.86. The molecule has 4 rings (SSSR count). The van der Waals surface area contributed by atoms with Crippen molar-refractivity contribution in [3.8, 4) is 17.3 Å². The van der Waals surface area contributed by atoms with E-state index in [4.69, 9.17) is 0 Å². The van der Waals surface area contributed by atoms with Gasteiger partial charge in [0.15, 0.2) is 21.5 Å². The quantitative estimate of drug-likeness (QED) is 0.372. The van der Waals surface area contributed by atoms with Crippen LogP contribution < -0.4 is 5.56 Å². The van der Waals surface area contributed by atoms with Gasteiger partial charge in [-0.2, -0.15) is 31.4 Å². The van der Waals surface area contributed by atoms with E-state index in [9.17, 15) is 39.6 Å². The lowest BCUT2D eigenvalue weighted by Crippen LogP contribution is -2.26. The van der Waals surface area contributed by atoms with Gasteiger partial charge in [0.05, 0.1) is 27.9 Å². The minimum atomic E-state index is -4.87. The van der Waals surface area contributed by atoms with Crippen LogP contribution in [-0.4, -0.2) is 43.1 Å². The van der Waals surface area contributed by atoms with Crippen LogP contribution >= 0.6 is 0 Å². The first-order chi connectivity index (χ1) is 16.6. The van der Waals surface area contributed by atoms with Crippen LogP contribution in [-0.2, 0) is 36.3 Å². The molecule has 0 spiro atoms. The third-order valence-corrected chi connectivity index (χ3v) is 7.23. The number of halogens is 6. The summed E-state index contributed by atoms with van der Waals surface area (Å²) in [6.07, 6.45) is -8.37. The molecule has 4 aromatic heterocycles. The highest BCUT2D eigenvalue weighted by Crippen LogP contribution is 2.33. The number of aromatic nitrogens is 6. The molecule has 16 heteroatoms. The van der Waals surface area contributed by atoms with Crippen LogP contribution in [0.3, 0.4) is 0 Å². The number of sulfone groups is 1. The van der Waals surface area contributed by atoms with Gasteiger partial charge in [-0.1, -0.05) is 6.92 Å². The van der Waals surface area contributed by atoms with E-state index in [1.54, 1.807) is 0 Å². The fourth-order valence-electron chi connectivity index (χ4n) is 3.58. The van der Waals surface area contributed by atoms with Crippen molar-refractivity contribution >= 4 is 20.9 Å². The molecule has 9 nitrogen and oxygen atoms in total. The number of aryl methyl sites for hydroxylation is 1. The standard InChI is InChI=1S/C20H16F6N6O3S/c1-4-36(34,35)12-5-6-14(32-9-10(8-27-32)19(21,22)23)29-15(12)17-28-11-7-13(20(24,25)26)30(2)18(33)16(11)31(17)3/h5-9H,4H2,1-3H3. The maximum atomic E-state index is 13.4. The van der Waals surface area contributed by atoms with Crippen LogP contribution in [0, 0.1) is 0 Å². The van der Waals surface area contributed by atoms with E-state index in [2.05, 4.69) is 15.1 Å². The molecule has 4 heterocycles. The molecule has 0 aromatic carbocycles. The Morgan fingerprint density at radius 3 is 2.19 bits per heavy atom. The summed E-state index contributed by atoms with van der Waals surface area (Å²) in [5, 5.41) is 3.61. The molecule has 0 aliphatic carbocycles. The summed E-state index contributed by atoms with van der Waals surface area (Å²) in [7, 11) is -1.77. The molecular weight excluding hydrogens is 518 g/mol. The molecule has 0 saturated heterocycles. The second-order valence-corrected chi connectivity index (χ2v) is 9.96. The van der Waals surface area contributed by atoms with Crippen LogP contribution in [0.5, 0.6) is 0 Å². The van der Waals surface area contributed by atoms with Crippen molar-refractivity contribution in [3.05, 3.63) is 52.2 Å². The van der Waals surface area contributed by atoms with Crippen molar-refractivity contribution in [1.82, 2.24) is 28.9 Å². The van der Waals surface area contributed by atoms with Gasteiger partial charge >= 0.3 is 12.4 Å². The van der Waals surface area contributed by atoms with Gasteiger partial charge in [-0.3, -0.25) is 4.79 Å². The molecule has 0 aliphatic rings. The van der Waals surface area contributed by atoms with Crippen molar-refractivity contribution in [2.75, 3.05) is 5.75 Å². The fourth-order valence-corrected chi connectivity index (χ4v) is 4.59. The van der Waals surface area contributed by atoms with Gasteiger partial charge in [0, 0.05) is 20.3 Å². The van der Waals surface area contributed by atoms with E-state index in [0.29, 0.717) is 23.0 Å². The Morgan fingerprint density at radius 2 is 1.64 bits per heavy atom. The topological polar surface area (TPSA) is 105 Å². The third kappa shape index (κ3) is 4.14. The molecule has 4 aromatic rings. The zero-order valence-corrected chi connectivity index (χ0v) is 19.5. The zero-order chi connectivity index (χ0) is 26.8. The molecule has 0 radical (unpaired) electrons. The number of pyridine rings is 2. The minimum Gasteiger partial charge on any atom is -0.321 e. The SMILES string of the molecule is CCS(=O)(=O)c1ccc(-n2cc(C(F)(F)F)cn2)nc1-c1nc2cc(C(F)(F)F)n(C)c(=O)c2n1C. The summed E-state index contributed by atoms with van der Waals surface area (Å²) in [6.45, 7) is 1.34. The Balaban J connectivity index is 2.03. The van der Waals surface area contributed by atoms with E-state index < -0.39 is 39.0 Å². The van der Waals surface area contributed by atoms with Crippen LogP contribution in [0.4, 0.5) is 26.3 Å². The number of fused-ring (bicyclic) bond motifs is 1. The molecule has 0 fully saturated rings. The lowest BCUT2D eigenvalue weighted by Gasteiger charge is -2.12. The summed E-state index contributed by atoms with van der Waals surface area (Å²) in [4.78, 5) is 20.6. The molecule has 0 atom stereocenters. The minimum absolute atomic E-state index is 0.216. The van der Waals surface area contributed by atoms with E-state index in [0.717, 1.165) is 28.4 Å². The van der Waals surface area contributed by atoms with Crippen molar-refractivity contribution < 1.29 is 34.8 Å². The van der Waals surface area contributed by atoms with Crippen LogP contribution in [0.15, 0.2) is 40.3 Å². The van der Waals surface area contributed by atoms with E-state index in [1.165, 1.54) is 14.0 Å². The number of nitrogens with zero attached hydrogens (tertiary/aromatic N) is 6. The summed E-state index contributed by atoms with van der Waals surface area (Å²) < 4.78 is 107. The zero-order valence-electron chi connectivity index (χ0n) is 18.7. The van der Waals surface area contributed by atoms with Crippen LogP contribution in [0.25, 0.3) is 28.4 Å². The second kappa shape index (κ2) is 8.18. The molecule has 192 valence electrons. The molecule has 36 heavy (non-hydrogen) atoms. The normalized spacial score (nSPS) is 13.0. The van der Waals surface area contributed by atoms with Gasteiger partial charge in [-0.25, -0.2) is 23.1 Å². The first-order valence-corrected chi connectivity index (χ1v) is 11.7. The van der Waals surface area contributed by atoms with Crippen molar-refractivity contribution in [2.24, 2.45) is 14.1 Å². The summed E-state index contributed by atoms with van der Waals surface area (Å²) >= 11 is 0. The van der Waals surface area contributed by atoms with E-state index in [1.807, 2.05) is 0 Å². The summed E-state index contributed by atoms with van der Waals surface area (Å²) in [5.41, 5.74) is -4.39. The Labute approximate surface area is 198 Å². The summed E-state index contributed by atoms with van der Waals surface area (Å²) in [5.74, 6) is -0.879. The highest BCUT2D eigenvalue weighted by molar-refractivity contribution is 7.91. The lowest BCUT2D eigenvalue weighted by atomic mass is 10.3. The Morgan fingerprint density at radius 1 is 0.972 bits per heavy atom. The van der Waals surface area contributed by atoms with Crippen molar-refractivity contribution in [1.29, 1.82) is 0 Å². The molecule has 0 unspecified atom stereocenters. The predicted molar refractivity (Wildman–Crippen MR) is 114 cm³/mol. The van der Waals surface area contributed by atoms with Gasteiger partial charge < -0.3 is 9.13 Å². The first kappa shape index (κ1) is 25.4. The smallest absolute Gasteiger partial charge is 0.321 e. The molecule has 0 amide bonds. The number of hydrogen-bond donors (Lipinski definition) is 0. The van der Waals surface area contributed by atoms with Gasteiger partial charge in [-0.15, -0.1) is 0 Å². The number of imidazole rings is 1. The monoisotopic (exact) mass is 534 g/mol. The number of alkyl halides is 6. The Kier molecular flexibility index (Phi) is 5.77. The molecular formula is C20H16F6N6O3S. The predicted octanol–water partition coefficient (Wildman–Crippen LogP) is 3.35. The van der Waals surface area contributed by atoms with Gasteiger partial charge in [-0.05, 0) is 18.2 Å². The lowest BCUT2D eigenvalue weighted by molar-refractivity contribution is -0.143. The highest BCUT2D eigenvalue weighted by atomic mass is 32.2. The first-order valence-electron chi connectivity index (χ1n) is 10.1. The molecule has 0 saturated carbocycles. The fraction of sp³-hybridized carbons (Fsp3) is 0.300. The average molecular weight is 534 g/mol.